The van der Waals surface area contributed by atoms with Crippen molar-refractivity contribution >= 4 is 23.2 Å². The lowest BCUT2D eigenvalue weighted by atomic mass is 10.1. The number of amides is 1. The molecule has 0 aliphatic heterocycles. The van der Waals surface area contributed by atoms with Gasteiger partial charge >= 0.3 is 0 Å². The number of anilines is 1. The highest BCUT2D eigenvalue weighted by Crippen LogP contribution is 2.18. The van der Waals surface area contributed by atoms with Crippen molar-refractivity contribution in [2.24, 2.45) is 0 Å². The number of carbonyl (C=O) groups excluding carboxylic acids is 1. The smallest absolute Gasteiger partial charge is 0.251 e. The molecule has 0 atom stereocenters. The van der Waals surface area contributed by atoms with Gasteiger partial charge in [0.25, 0.3) is 5.91 Å². The van der Waals surface area contributed by atoms with Crippen LogP contribution in [0.4, 0.5) is 14.5 Å². The molecule has 104 valence electrons. The van der Waals surface area contributed by atoms with Crippen LogP contribution in [-0.2, 0) is 6.54 Å². The van der Waals surface area contributed by atoms with Gasteiger partial charge in [-0.15, -0.1) is 0 Å². The molecule has 0 spiro atoms. The van der Waals surface area contributed by atoms with Crippen molar-refractivity contribution in [2.45, 2.75) is 6.54 Å². The average Bonchev–Trinajstić information content (AvgIpc) is 2.43. The largest absolute Gasteiger partial charge is 0.394 e. The van der Waals surface area contributed by atoms with Crippen LogP contribution >= 0.6 is 11.6 Å². The number of rotatable bonds is 3. The van der Waals surface area contributed by atoms with Crippen LogP contribution in [-0.4, -0.2) is 5.91 Å². The maximum atomic E-state index is 13.3. The van der Waals surface area contributed by atoms with Crippen molar-refractivity contribution in [3.05, 3.63) is 64.2 Å². The summed E-state index contributed by atoms with van der Waals surface area (Å²) in [7, 11) is 0. The van der Waals surface area contributed by atoms with Gasteiger partial charge in [0.15, 0.2) is 0 Å². The van der Waals surface area contributed by atoms with Crippen molar-refractivity contribution in [2.75, 3.05) is 5.73 Å². The molecule has 0 saturated heterocycles. The van der Waals surface area contributed by atoms with Crippen molar-refractivity contribution in [3.63, 3.8) is 0 Å². The van der Waals surface area contributed by atoms with Crippen LogP contribution in [0.25, 0.3) is 0 Å². The average molecular weight is 297 g/mol. The van der Waals surface area contributed by atoms with Gasteiger partial charge in [-0.1, -0.05) is 29.8 Å². The third-order valence-corrected chi connectivity index (χ3v) is 3.11. The summed E-state index contributed by atoms with van der Waals surface area (Å²) in [5, 5.41) is 3.03. The Hall–Kier alpha value is -2.14. The zero-order valence-electron chi connectivity index (χ0n) is 10.3. The third-order valence-electron chi connectivity index (χ3n) is 2.74. The van der Waals surface area contributed by atoms with E-state index < -0.39 is 23.2 Å². The van der Waals surface area contributed by atoms with Gasteiger partial charge in [0.05, 0.1) is 0 Å². The zero-order chi connectivity index (χ0) is 14.7. The number of nitrogens with one attached hydrogen (secondary N) is 1. The highest BCUT2D eigenvalue weighted by molar-refractivity contribution is 6.31. The molecule has 0 saturated carbocycles. The molecule has 0 radical (unpaired) electrons. The number of nitrogen functional groups attached to an aromatic ring is 1. The molecular weight excluding hydrogens is 286 g/mol. The van der Waals surface area contributed by atoms with E-state index in [4.69, 9.17) is 17.3 Å². The molecule has 20 heavy (non-hydrogen) atoms. The third kappa shape index (κ3) is 3.05. The molecule has 3 nitrogen and oxygen atoms in total. The Morgan fingerprint density at radius 2 is 1.80 bits per heavy atom. The Bertz CT molecular complexity index is 638. The van der Waals surface area contributed by atoms with Gasteiger partial charge in [0.2, 0.25) is 0 Å². The number of nitrogens with two attached hydrogens (primary N) is 1. The number of halogens is 3. The topological polar surface area (TPSA) is 55.1 Å². The first-order chi connectivity index (χ1) is 9.49. The lowest BCUT2D eigenvalue weighted by Crippen LogP contribution is -2.23. The fraction of sp³-hybridized carbons (Fsp3) is 0.0714. The minimum Gasteiger partial charge on any atom is -0.394 e. The van der Waals surface area contributed by atoms with Crippen molar-refractivity contribution < 1.29 is 13.6 Å². The molecule has 1 amide bonds. The van der Waals surface area contributed by atoms with Gasteiger partial charge in [-0.3, -0.25) is 4.79 Å². The summed E-state index contributed by atoms with van der Waals surface area (Å²) in [6.45, 7) is 0.159. The molecule has 2 rings (SSSR count). The normalized spacial score (nSPS) is 10.3. The maximum Gasteiger partial charge on any atom is 0.251 e. The summed E-state index contributed by atoms with van der Waals surface area (Å²) in [6.07, 6.45) is 0. The maximum absolute atomic E-state index is 13.3. The summed E-state index contributed by atoms with van der Waals surface area (Å²) in [5.41, 5.74) is 5.10. The molecule has 0 aliphatic rings. The number of benzene rings is 2. The number of carbonyl (C=O) groups is 1. The van der Waals surface area contributed by atoms with Gasteiger partial charge < -0.3 is 11.1 Å². The van der Waals surface area contributed by atoms with Crippen molar-refractivity contribution in [3.8, 4) is 0 Å². The van der Waals surface area contributed by atoms with E-state index >= 15 is 0 Å². The highest BCUT2D eigenvalue weighted by atomic mass is 35.5. The predicted octanol–water partition coefficient (Wildman–Crippen LogP) is 3.13. The van der Waals surface area contributed by atoms with Crippen LogP contribution in [0.1, 0.15) is 15.9 Å². The van der Waals surface area contributed by atoms with Crippen LogP contribution in [0, 0.1) is 11.6 Å². The second-order valence-electron chi connectivity index (χ2n) is 4.13. The van der Waals surface area contributed by atoms with Gasteiger partial charge in [0, 0.05) is 17.1 Å². The summed E-state index contributed by atoms with van der Waals surface area (Å²) in [5.74, 6) is -2.54. The molecule has 2 aromatic carbocycles. The SMILES string of the molecule is Nc1c(F)cc(C(=O)NCc2ccccc2Cl)cc1F. The van der Waals surface area contributed by atoms with E-state index in [1.165, 1.54) is 0 Å². The van der Waals surface area contributed by atoms with Crippen molar-refractivity contribution in [1.82, 2.24) is 5.32 Å². The molecule has 0 heterocycles. The van der Waals surface area contributed by atoms with Crippen LogP contribution < -0.4 is 11.1 Å². The van der Waals surface area contributed by atoms with E-state index in [9.17, 15) is 13.6 Å². The van der Waals surface area contributed by atoms with E-state index in [0.717, 1.165) is 12.1 Å². The summed E-state index contributed by atoms with van der Waals surface area (Å²) in [4.78, 5) is 11.8. The van der Waals surface area contributed by atoms with Gasteiger partial charge in [-0.25, -0.2) is 8.78 Å². The first-order valence-electron chi connectivity index (χ1n) is 5.75. The summed E-state index contributed by atoms with van der Waals surface area (Å²) >= 11 is 5.94. The molecule has 6 heteroatoms. The lowest BCUT2D eigenvalue weighted by molar-refractivity contribution is 0.0950. The van der Waals surface area contributed by atoms with Gasteiger partial charge in [-0.05, 0) is 23.8 Å². The summed E-state index contributed by atoms with van der Waals surface area (Å²) < 4.78 is 26.5. The fourth-order valence-corrected chi connectivity index (χ4v) is 1.84. The molecule has 0 fully saturated rings. The number of hydrogen-bond acceptors (Lipinski definition) is 2. The number of hydrogen-bond donors (Lipinski definition) is 2. The molecule has 0 unspecified atom stereocenters. The Labute approximate surface area is 119 Å². The fourth-order valence-electron chi connectivity index (χ4n) is 1.63. The lowest BCUT2D eigenvalue weighted by Gasteiger charge is -2.08. The molecular formula is C14H11ClF2N2O. The van der Waals surface area contributed by atoms with E-state index in [0.29, 0.717) is 10.6 Å². The molecule has 0 aliphatic carbocycles. The van der Waals surface area contributed by atoms with Gasteiger partial charge in [0.1, 0.15) is 17.3 Å². The second kappa shape index (κ2) is 5.88. The Morgan fingerprint density at radius 1 is 1.20 bits per heavy atom. The van der Waals surface area contributed by atoms with E-state index in [1.807, 2.05) is 0 Å². The van der Waals surface area contributed by atoms with E-state index in [-0.39, 0.29) is 12.1 Å². The molecule has 2 aromatic rings. The predicted molar refractivity (Wildman–Crippen MR) is 73.4 cm³/mol. The van der Waals surface area contributed by atoms with Crippen molar-refractivity contribution in [1.29, 1.82) is 0 Å². The van der Waals surface area contributed by atoms with Gasteiger partial charge in [-0.2, -0.15) is 0 Å². The Kier molecular flexibility index (Phi) is 4.20. The molecule has 0 bridgehead atoms. The van der Waals surface area contributed by atoms with E-state index in [1.54, 1.807) is 24.3 Å². The monoisotopic (exact) mass is 296 g/mol. The summed E-state index contributed by atoms with van der Waals surface area (Å²) in [6, 6.07) is 8.74. The zero-order valence-corrected chi connectivity index (χ0v) is 11.0. The minimum atomic E-state index is -0.965. The second-order valence-corrected chi connectivity index (χ2v) is 4.53. The Balaban J connectivity index is 2.11. The quantitative estimate of drug-likeness (QED) is 0.855. The standard InChI is InChI=1S/C14H11ClF2N2O/c15-10-4-2-1-3-8(10)7-19-14(20)9-5-11(16)13(18)12(17)6-9/h1-6H,7,18H2,(H,19,20). The van der Waals surface area contributed by atoms with Crippen LogP contribution in [0.5, 0.6) is 0 Å². The van der Waals surface area contributed by atoms with Crippen LogP contribution in [0.2, 0.25) is 5.02 Å². The molecule has 3 N–H and O–H groups in total. The molecule has 0 aromatic heterocycles. The minimum absolute atomic E-state index is 0.138. The van der Waals surface area contributed by atoms with Crippen LogP contribution in [0.3, 0.4) is 0 Å². The highest BCUT2D eigenvalue weighted by Gasteiger charge is 2.13. The van der Waals surface area contributed by atoms with E-state index in [2.05, 4.69) is 5.32 Å². The Morgan fingerprint density at radius 3 is 2.40 bits per heavy atom. The van der Waals surface area contributed by atoms with Crippen LogP contribution in [0.15, 0.2) is 36.4 Å². The first-order valence-corrected chi connectivity index (χ1v) is 6.13. The first kappa shape index (κ1) is 14.3.